The van der Waals surface area contributed by atoms with Gasteiger partial charge in [0.15, 0.2) is 0 Å². The maximum absolute atomic E-state index is 11.4. The SMILES string of the molecule is CCCCCCCCCC(C(=O)OO)(S(=O)(=O)O)S(=O)(=O)O. The molecule has 0 aliphatic heterocycles. The molecule has 0 heterocycles. The monoisotopic (exact) mass is 362 g/mol. The molecule has 11 heteroatoms. The number of unbranched alkanes of at least 4 members (excludes halogenated alkanes) is 6. The average Bonchev–Trinajstić information content (AvgIpc) is 2.38. The minimum atomic E-state index is -5.57. The Morgan fingerprint density at radius 3 is 1.68 bits per heavy atom. The molecule has 0 rings (SSSR count). The highest BCUT2D eigenvalue weighted by Crippen LogP contribution is 2.31. The van der Waals surface area contributed by atoms with E-state index in [0.29, 0.717) is 12.8 Å². The summed E-state index contributed by atoms with van der Waals surface area (Å²) in [6.07, 6.45) is 3.95. The molecule has 0 aromatic carbocycles. The standard InChI is InChI=1S/C11H22O9S2/c1-2-3-4-5-6-7-8-9-11(10(12)20-13,21(14,15)16)22(17,18)19/h13H,2-9H2,1H3,(H,14,15,16)(H,17,18,19). The Morgan fingerprint density at radius 2 is 1.32 bits per heavy atom. The van der Waals surface area contributed by atoms with Crippen molar-refractivity contribution >= 4 is 26.2 Å². The van der Waals surface area contributed by atoms with Crippen molar-refractivity contribution in [2.24, 2.45) is 0 Å². The van der Waals surface area contributed by atoms with Crippen LogP contribution >= 0.6 is 0 Å². The Labute approximate surface area is 130 Å². The van der Waals surface area contributed by atoms with E-state index in [9.17, 15) is 21.6 Å². The molecule has 0 radical (unpaired) electrons. The van der Waals surface area contributed by atoms with Gasteiger partial charge in [0, 0.05) is 0 Å². The van der Waals surface area contributed by atoms with Gasteiger partial charge in [-0.1, -0.05) is 45.4 Å². The first kappa shape index (κ1) is 21.2. The fraction of sp³-hybridized carbons (Fsp3) is 0.909. The summed E-state index contributed by atoms with van der Waals surface area (Å²) in [4.78, 5) is 14.5. The Bertz CT molecular complexity index is 518. The van der Waals surface area contributed by atoms with Crippen molar-refractivity contribution < 1.29 is 40.9 Å². The Hall–Kier alpha value is -0.750. The van der Waals surface area contributed by atoms with Gasteiger partial charge in [0.2, 0.25) is 0 Å². The summed E-state index contributed by atoms with van der Waals surface area (Å²) in [5.74, 6) is -2.16. The van der Waals surface area contributed by atoms with Gasteiger partial charge in [-0.3, -0.25) is 14.0 Å². The zero-order valence-electron chi connectivity index (χ0n) is 12.3. The lowest BCUT2D eigenvalue weighted by molar-refractivity contribution is -0.235. The largest absolute Gasteiger partial charge is 0.383 e. The quantitative estimate of drug-likeness (QED) is 0.215. The van der Waals surface area contributed by atoms with Gasteiger partial charge in [0.1, 0.15) is 0 Å². The predicted octanol–water partition coefficient (Wildman–Crippen LogP) is 1.62. The summed E-state index contributed by atoms with van der Waals surface area (Å²) >= 11 is 0. The first-order valence-corrected chi connectivity index (χ1v) is 9.72. The van der Waals surface area contributed by atoms with E-state index in [1.807, 2.05) is 6.92 Å². The fourth-order valence-electron chi connectivity index (χ4n) is 2.09. The predicted molar refractivity (Wildman–Crippen MR) is 77.2 cm³/mol. The lowest BCUT2D eigenvalue weighted by Crippen LogP contribution is -2.53. The van der Waals surface area contributed by atoms with Gasteiger partial charge in [0.25, 0.3) is 20.2 Å². The third-order valence-electron chi connectivity index (χ3n) is 3.34. The number of rotatable bonds is 11. The molecule has 0 saturated heterocycles. The molecule has 0 amide bonds. The third-order valence-corrected chi connectivity index (χ3v) is 7.01. The van der Waals surface area contributed by atoms with E-state index >= 15 is 0 Å². The van der Waals surface area contributed by atoms with Crippen LogP contribution in [0.25, 0.3) is 0 Å². The van der Waals surface area contributed by atoms with Crippen LogP contribution in [-0.4, -0.2) is 41.2 Å². The van der Waals surface area contributed by atoms with Gasteiger partial charge < -0.3 is 0 Å². The van der Waals surface area contributed by atoms with Crippen LogP contribution in [0.3, 0.4) is 0 Å². The van der Waals surface area contributed by atoms with Crippen LogP contribution in [-0.2, 0) is 29.9 Å². The van der Waals surface area contributed by atoms with E-state index in [4.69, 9.17) is 14.4 Å². The van der Waals surface area contributed by atoms with Crippen LogP contribution in [0.15, 0.2) is 0 Å². The summed E-state index contributed by atoms with van der Waals surface area (Å²) in [7, 11) is -11.1. The molecular formula is C11H22O9S2. The lowest BCUT2D eigenvalue weighted by Gasteiger charge is -2.23. The smallest absolute Gasteiger partial charge is 0.298 e. The number of hydrogen-bond acceptors (Lipinski definition) is 7. The number of carbonyl (C=O) groups is 1. The van der Waals surface area contributed by atoms with E-state index < -0.39 is 36.7 Å². The van der Waals surface area contributed by atoms with Gasteiger partial charge in [-0.25, -0.2) is 4.79 Å². The molecule has 0 aromatic rings. The number of carbonyl (C=O) groups excluding carboxylic acids is 1. The van der Waals surface area contributed by atoms with Gasteiger partial charge in [-0.2, -0.15) is 22.1 Å². The van der Waals surface area contributed by atoms with Gasteiger partial charge >= 0.3 is 10.0 Å². The first-order chi connectivity index (χ1) is 10.0. The van der Waals surface area contributed by atoms with Gasteiger partial charge in [0.05, 0.1) is 0 Å². The molecule has 132 valence electrons. The Morgan fingerprint density at radius 1 is 0.909 bits per heavy atom. The van der Waals surface area contributed by atoms with Crippen molar-refractivity contribution in [3.8, 4) is 0 Å². The van der Waals surface area contributed by atoms with Crippen LogP contribution < -0.4 is 0 Å². The van der Waals surface area contributed by atoms with Crippen molar-refractivity contribution in [3.05, 3.63) is 0 Å². The highest BCUT2D eigenvalue weighted by Gasteiger charge is 2.62. The van der Waals surface area contributed by atoms with E-state index in [1.165, 1.54) is 0 Å². The Balaban J connectivity index is 5.02. The molecule has 0 bridgehead atoms. The molecule has 0 saturated carbocycles. The third kappa shape index (κ3) is 5.16. The minimum absolute atomic E-state index is 0.0825. The van der Waals surface area contributed by atoms with Crippen LogP contribution in [0.5, 0.6) is 0 Å². The summed E-state index contributed by atoms with van der Waals surface area (Å²) in [5, 5.41) is 8.30. The van der Waals surface area contributed by atoms with Crippen molar-refractivity contribution in [2.75, 3.05) is 0 Å². The molecular weight excluding hydrogens is 340 g/mol. The molecule has 0 aromatic heterocycles. The zero-order valence-corrected chi connectivity index (χ0v) is 13.9. The van der Waals surface area contributed by atoms with Crippen LogP contribution in [0.4, 0.5) is 0 Å². The number of hydrogen-bond donors (Lipinski definition) is 3. The van der Waals surface area contributed by atoms with Crippen LogP contribution in [0.1, 0.15) is 58.3 Å². The maximum atomic E-state index is 11.4. The average molecular weight is 362 g/mol. The van der Waals surface area contributed by atoms with E-state index in [-0.39, 0.29) is 6.42 Å². The zero-order chi connectivity index (χ0) is 17.4. The molecule has 9 nitrogen and oxygen atoms in total. The van der Waals surface area contributed by atoms with Gasteiger partial charge in [-0.05, 0) is 12.8 Å². The summed E-state index contributed by atoms with van der Waals surface area (Å²) in [6, 6.07) is 0. The molecule has 22 heavy (non-hydrogen) atoms. The molecule has 0 aliphatic rings. The maximum Gasteiger partial charge on any atom is 0.383 e. The second-order valence-corrected chi connectivity index (χ2v) is 8.51. The first-order valence-electron chi connectivity index (χ1n) is 6.84. The van der Waals surface area contributed by atoms with Crippen LogP contribution in [0, 0.1) is 0 Å². The van der Waals surface area contributed by atoms with Crippen molar-refractivity contribution in [3.63, 3.8) is 0 Å². The topological polar surface area (TPSA) is 155 Å². The summed E-state index contributed by atoms with van der Waals surface area (Å²) < 4.78 is 59.7. The van der Waals surface area contributed by atoms with E-state index in [2.05, 4.69) is 4.89 Å². The van der Waals surface area contributed by atoms with Crippen molar-refractivity contribution in [2.45, 2.75) is 62.4 Å². The molecule has 0 spiro atoms. The molecule has 0 fully saturated rings. The van der Waals surface area contributed by atoms with Gasteiger partial charge in [-0.15, -0.1) is 0 Å². The molecule has 0 aliphatic carbocycles. The van der Waals surface area contributed by atoms with Crippen molar-refractivity contribution in [1.29, 1.82) is 0 Å². The fourth-order valence-corrected chi connectivity index (χ4v) is 4.45. The highest BCUT2D eigenvalue weighted by molar-refractivity contribution is 8.06. The molecule has 0 atom stereocenters. The minimum Gasteiger partial charge on any atom is -0.298 e. The normalized spacial score (nSPS) is 13.1. The van der Waals surface area contributed by atoms with E-state index in [0.717, 1.165) is 25.7 Å². The Kier molecular flexibility index (Phi) is 8.47. The second kappa shape index (κ2) is 8.77. The van der Waals surface area contributed by atoms with Crippen molar-refractivity contribution in [1.82, 2.24) is 0 Å². The summed E-state index contributed by atoms with van der Waals surface area (Å²) in [6.45, 7) is 2.03. The van der Waals surface area contributed by atoms with Crippen LogP contribution in [0.2, 0.25) is 0 Å². The van der Waals surface area contributed by atoms with E-state index in [1.54, 1.807) is 0 Å². The second-order valence-electron chi connectivity index (χ2n) is 4.95. The summed E-state index contributed by atoms with van der Waals surface area (Å²) in [5.41, 5.74) is 0. The molecule has 3 N–H and O–H groups in total. The highest BCUT2D eigenvalue weighted by atomic mass is 32.3. The molecule has 0 unspecified atom stereocenters. The lowest BCUT2D eigenvalue weighted by atomic mass is 10.1.